The summed E-state index contributed by atoms with van der Waals surface area (Å²) in [5.41, 5.74) is 1.27. The van der Waals surface area contributed by atoms with Crippen LogP contribution in [0.2, 0.25) is 0 Å². The van der Waals surface area contributed by atoms with E-state index in [1.54, 1.807) is 0 Å². The molecule has 0 aliphatic heterocycles. The predicted octanol–water partition coefficient (Wildman–Crippen LogP) is 2.83. The van der Waals surface area contributed by atoms with Gasteiger partial charge in [0, 0.05) is 38.9 Å². The summed E-state index contributed by atoms with van der Waals surface area (Å²) in [6.45, 7) is 8.46. The molecule has 0 fully saturated rings. The zero-order valence-corrected chi connectivity index (χ0v) is 19.0. The highest BCUT2D eigenvalue weighted by molar-refractivity contribution is 7.98. The van der Waals surface area contributed by atoms with Gasteiger partial charge in [-0.25, -0.2) is 4.99 Å². The van der Waals surface area contributed by atoms with Crippen LogP contribution in [-0.2, 0) is 13.6 Å². The van der Waals surface area contributed by atoms with Crippen LogP contribution in [0, 0.1) is 6.92 Å². The molecule has 0 aliphatic rings. The van der Waals surface area contributed by atoms with E-state index in [4.69, 9.17) is 4.99 Å². The van der Waals surface area contributed by atoms with Crippen molar-refractivity contribution in [3.8, 4) is 0 Å². The molecule has 1 aromatic carbocycles. The number of benzene rings is 1. The van der Waals surface area contributed by atoms with Gasteiger partial charge in [-0.15, -0.1) is 10.2 Å². The Hall–Kier alpha value is -2.22. The number of guanidine groups is 1. The summed E-state index contributed by atoms with van der Waals surface area (Å²) in [6.07, 6.45) is 4.29. The Morgan fingerprint density at radius 2 is 1.86 bits per heavy atom. The lowest BCUT2D eigenvalue weighted by Crippen LogP contribution is -2.39. The Morgan fingerprint density at radius 3 is 2.48 bits per heavy atom. The first-order chi connectivity index (χ1) is 14.2. The van der Waals surface area contributed by atoms with Crippen LogP contribution in [0.15, 0.2) is 35.3 Å². The maximum Gasteiger partial charge on any atom is 0.191 e. The standard InChI is InChI=1S/C21H35N7S/c1-5-28(19-11-7-6-8-12-19)15-9-13-22-21(23-14-10-16-29-4)24-17-20-26-25-18(2)27(20)3/h6-8,11-12H,5,9-10,13-17H2,1-4H3,(H2,22,23,24). The van der Waals surface area contributed by atoms with Crippen molar-refractivity contribution < 1.29 is 0 Å². The average molecular weight is 418 g/mol. The van der Waals surface area contributed by atoms with E-state index in [2.05, 4.69) is 69.2 Å². The van der Waals surface area contributed by atoms with Gasteiger partial charge < -0.3 is 20.1 Å². The van der Waals surface area contributed by atoms with Crippen LogP contribution in [0.25, 0.3) is 0 Å². The number of hydrogen-bond acceptors (Lipinski definition) is 5. The molecule has 7 nitrogen and oxygen atoms in total. The van der Waals surface area contributed by atoms with Gasteiger partial charge in [0.15, 0.2) is 11.8 Å². The molecule has 0 saturated carbocycles. The van der Waals surface area contributed by atoms with Crippen LogP contribution < -0.4 is 15.5 Å². The molecule has 0 radical (unpaired) electrons. The van der Waals surface area contributed by atoms with E-state index < -0.39 is 0 Å². The Kier molecular flexibility index (Phi) is 10.4. The highest BCUT2D eigenvalue weighted by Crippen LogP contribution is 2.12. The zero-order valence-electron chi connectivity index (χ0n) is 18.2. The van der Waals surface area contributed by atoms with Crippen molar-refractivity contribution in [3.05, 3.63) is 42.0 Å². The third-order valence-corrected chi connectivity index (χ3v) is 5.48. The fraction of sp³-hybridized carbons (Fsp3) is 0.571. The number of anilines is 1. The maximum absolute atomic E-state index is 4.71. The molecule has 2 aromatic rings. The number of thioether (sulfide) groups is 1. The van der Waals surface area contributed by atoms with Crippen molar-refractivity contribution in [2.75, 3.05) is 43.1 Å². The van der Waals surface area contributed by atoms with Crippen LogP contribution in [0.5, 0.6) is 0 Å². The molecule has 29 heavy (non-hydrogen) atoms. The SMILES string of the molecule is CCN(CCCNC(=NCc1nnc(C)n1C)NCCCSC)c1ccccc1. The second-order valence-corrected chi connectivity index (χ2v) is 7.84. The average Bonchev–Trinajstić information content (AvgIpc) is 3.07. The number of aryl methyl sites for hydroxylation is 1. The molecule has 8 heteroatoms. The van der Waals surface area contributed by atoms with Gasteiger partial charge >= 0.3 is 0 Å². The first-order valence-electron chi connectivity index (χ1n) is 10.3. The number of hydrogen-bond donors (Lipinski definition) is 2. The first kappa shape index (κ1) is 23.1. The largest absolute Gasteiger partial charge is 0.372 e. The van der Waals surface area contributed by atoms with E-state index in [1.165, 1.54) is 5.69 Å². The molecular weight excluding hydrogens is 382 g/mol. The van der Waals surface area contributed by atoms with E-state index in [0.29, 0.717) is 6.54 Å². The van der Waals surface area contributed by atoms with Crippen LogP contribution in [0.3, 0.4) is 0 Å². The van der Waals surface area contributed by atoms with Crippen LogP contribution in [-0.4, -0.2) is 58.9 Å². The van der Waals surface area contributed by atoms with Gasteiger partial charge in [0.2, 0.25) is 0 Å². The van der Waals surface area contributed by atoms with Crippen molar-refractivity contribution in [1.82, 2.24) is 25.4 Å². The van der Waals surface area contributed by atoms with Crippen molar-refractivity contribution in [1.29, 1.82) is 0 Å². The van der Waals surface area contributed by atoms with Gasteiger partial charge in [-0.05, 0) is 50.8 Å². The molecule has 0 atom stereocenters. The van der Waals surface area contributed by atoms with E-state index >= 15 is 0 Å². The van der Waals surface area contributed by atoms with Gasteiger partial charge in [0.25, 0.3) is 0 Å². The molecule has 0 aliphatic carbocycles. The molecule has 0 spiro atoms. The molecule has 0 amide bonds. The van der Waals surface area contributed by atoms with E-state index in [-0.39, 0.29) is 0 Å². The summed E-state index contributed by atoms with van der Waals surface area (Å²) in [5, 5.41) is 15.2. The van der Waals surface area contributed by atoms with E-state index in [1.807, 2.05) is 30.3 Å². The van der Waals surface area contributed by atoms with Crippen molar-refractivity contribution in [2.45, 2.75) is 33.2 Å². The highest BCUT2D eigenvalue weighted by atomic mass is 32.2. The smallest absolute Gasteiger partial charge is 0.191 e. The van der Waals surface area contributed by atoms with Gasteiger partial charge in [0.05, 0.1) is 0 Å². The Labute approximate surface area is 179 Å². The highest BCUT2D eigenvalue weighted by Gasteiger charge is 2.06. The number of aromatic nitrogens is 3. The number of para-hydroxylation sites is 1. The third kappa shape index (κ3) is 7.97. The minimum Gasteiger partial charge on any atom is -0.372 e. The summed E-state index contributed by atoms with van der Waals surface area (Å²) in [4.78, 5) is 7.11. The molecule has 1 aromatic heterocycles. The topological polar surface area (TPSA) is 70.4 Å². The quantitative estimate of drug-likeness (QED) is 0.314. The normalized spacial score (nSPS) is 11.5. The summed E-state index contributed by atoms with van der Waals surface area (Å²) in [7, 11) is 1.97. The Bertz CT molecular complexity index is 730. The lowest BCUT2D eigenvalue weighted by Gasteiger charge is -2.23. The summed E-state index contributed by atoms with van der Waals surface area (Å²) >= 11 is 1.87. The minimum absolute atomic E-state index is 0.514. The lowest BCUT2D eigenvalue weighted by molar-refractivity contribution is 0.699. The molecule has 0 bridgehead atoms. The van der Waals surface area contributed by atoms with Crippen molar-refractivity contribution in [3.63, 3.8) is 0 Å². The number of aliphatic imine (C=N–C) groups is 1. The number of rotatable bonds is 12. The zero-order chi connectivity index (χ0) is 20.9. The van der Waals surface area contributed by atoms with E-state index in [0.717, 1.165) is 62.4 Å². The monoisotopic (exact) mass is 417 g/mol. The molecule has 160 valence electrons. The molecule has 1 heterocycles. The molecular formula is C21H35N7S. The molecule has 2 rings (SSSR count). The molecule has 0 unspecified atom stereocenters. The summed E-state index contributed by atoms with van der Waals surface area (Å²) in [6, 6.07) is 10.6. The Balaban J connectivity index is 1.85. The van der Waals surface area contributed by atoms with Gasteiger partial charge in [-0.3, -0.25) is 0 Å². The van der Waals surface area contributed by atoms with Crippen molar-refractivity contribution >= 4 is 23.4 Å². The van der Waals surface area contributed by atoms with Crippen LogP contribution >= 0.6 is 11.8 Å². The first-order valence-corrected chi connectivity index (χ1v) is 11.7. The third-order valence-electron chi connectivity index (χ3n) is 4.78. The second-order valence-electron chi connectivity index (χ2n) is 6.86. The van der Waals surface area contributed by atoms with Crippen molar-refractivity contribution in [2.24, 2.45) is 12.0 Å². The van der Waals surface area contributed by atoms with Gasteiger partial charge in [-0.1, -0.05) is 18.2 Å². The number of nitrogens with one attached hydrogen (secondary N) is 2. The predicted molar refractivity (Wildman–Crippen MR) is 125 cm³/mol. The fourth-order valence-electron chi connectivity index (χ4n) is 2.92. The van der Waals surface area contributed by atoms with E-state index in [9.17, 15) is 0 Å². The second kappa shape index (κ2) is 13.1. The maximum atomic E-state index is 4.71. The van der Waals surface area contributed by atoms with Crippen LogP contribution in [0.4, 0.5) is 5.69 Å². The molecule has 0 saturated heterocycles. The minimum atomic E-state index is 0.514. The summed E-state index contributed by atoms with van der Waals surface area (Å²) < 4.78 is 1.98. The van der Waals surface area contributed by atoms with Crippen LogP contribution in [0.1, 0.15) is 31.4 Å². The summed E-state index contributed by atoms with van der Waals surface area (Å²) in [5.74, 6) is 3.76. The lowest BCUT2D eigenvalue weighted by atomic mass is 10.2. The van der Waals surface area contributed by atoms with Gasteiger partial charge in [0.1, 0.15) is 12.4 Å². The Morgan fingerprint density at radius 1 is 1.14 bits per heavy atom. The number of nitrogens with zero attached hydrogens (tertiary/aromatic N) is 5. The fourth-order valence-corrected chi connectivity index (χ4v) is 3.35. The molecule has 2 N–H and O–H groups in total. The van der Waals surface area contributed by atoms with Gasteiger partial charge in [-0.2, -0.15) is 11.8 Å².